The van der Waals surface area contributed by atoms with Gasteiger partial charge in [-0.3, -0.25) is 9.78 Å². The van der Waals surface area contributed by atoms with Crippen LogP contribution in [0.4, 0.5) is 0 Å². The Morgan fingerprint density at radius 1 is 1.18 bits per heavy atom. The number of fused-ring (bicyclic) bond motifs is 1. The number of benzene rings is 1. The van der Waals surface area contributed by atoms with Crippen molar-refractivity contribution in [1.29, 1.82) is 0 Å². The number of nitrogens with one attached hydrogen (secondary N) is 1. The van der Waals surface area contributed by atoms with Gasteiger partial charge in [-0.05, 0) is 85.4 Å². The number of amides is 1. The van der Waals surface area contributed by atoms with Crippen LogP contribution in [-0.2, 0) is 17.6 Å². The Bertz CT molecular complexity index is 1040. The van der Waals surface area contributed by atoms with Crippen molar-refractivity contribution in [2.24, 2.45) is 0 Å². The van der Waals surface area contributed by atoms with E-state index in [1.807, 2.05) is 24.4 Å². The van der Waals surface area contributed by atoms with Crippen LogP contribution in [0.15, 0.2) is 48.8 Å². The Morgan fingerprint density at radius 2 is 2.06 bits per heavy atom. The van der Waals surface area contributed by atoms with Gasteiger partial charge in [0.15, 0.2) is 0 Å². The Labute approximate surface area is 202 Å². The largest absolute Gasteiger partial charge is 0.497 e. The second kappa shape index (κ2) is 13.1. The van der Waals surface area contributed by atoms with Crippen LogP contribution in [-0.4, -0.2) is 24.0 Å². The number of methoxy groups -OCH3 is 1. The lowest BCUT2D eigenvalue weighted by molar-refractivity contribution is -0.117. The summed E-state index contributed by atoms with van der Waals surface area (Å²) in [5, 5.41) is 4.47. The molecule has 1 N–H and O–H groups in total. The molecule has 0 fully saturated rings. The van der Waals surface area contributed by atoms with Gasteiger partial charge < -0.3 is 10.1 Å². The fourth-order valence-electron chi connectivity index (χ4n) is 4.10. The molecule has 176 valence electrons. The predicted molar refractivity (Wildman–Crippen MR) is 140 cm³/mol. The van der Waals surface area contributed by atoms with E-state index in [9.17, 15) is 4.79 Å². The molecule has 3 aromatic rings. The van der Waals surface area contributed by atoms with E-state index in [4.69, 9.17) is 4.74 Å². The molecule has 0 bridgehead atoms. The van der Waals surface area contributed by atoms with Crippen molar-refractivity contribution in [2.75, 3.05) is 7.11 Å². The zero-order valence-electron chi connectivity index (χ0n) is 20.1. The molecule has 5 heteroatoms. The topological polar surface area (TPSA) is 51.2 Å². The fraction of sp³-hybridized carbons (Fsp3) is 0.429. The van der Waals surface area contributed by atoms with Gasteiger partial charge in [0.05, 0.1) is 7.11 Å². The molecule has 2 aromatic heterocycles. The van der Waals surface area contributed by atoms with Crippen molar-refractivity contribution in [1.82, 2.24) is 10.3 Å². The maximum atomic E-state index is 12.7. The summed E-state index contributed by atoms with van der Waals surface area (Å²) in [6, 6.07) is 10.5. The number of nitrogens with zero attached hydrogens (tertiary/aromatic N) is 1. The van der Waals surface area contributed by atoms with E-state index in [0.717, 1.165) is 44.3 Å². The third-order valence-electron chi connectivity index (χ3n) is 6.03. The summed E-state index contributed by atoms with van der Waals surface area (Å²) in [6.45, 7) is 4.35. The van der Waals surface area contributed by atoms with Crippen molar-refractivity contribution in [2.45, 2.75) is 71.3 Å². The van der Waals surface area contributed by atoms with Gasteiger partial charge in [0.2, 0.25) is 5.91 Å². The number of hydrogen-bond acceptors (Lipinski definition) is 4. The Kier molecular flexibility index (Phi) is 9.95. The van der Waals surface area contributed by atoms with Crippen molar-refractivity contribution in [3.8, 4) is 5.75 Å². The molecule has 0 spiro atoms. The summed E-state index contributed by atoms with van der Waals surface area (Å²) in [7, 11) is 1.70. The molecule has 0 aliphatic rings. The summed E-state index contributed by atoms with van der Waals surface area (Å²) in [5.41, 5.74) is 2.59. The summed E-state index contributed by atoms with van der Waals surface area (Å²) in [4.78, 5) is 18.0. The van der Waals surface area contributed by atoms with E-state index in [1.54, 1.807) is 30.7 Å². The SMILES string of the molecule is CCCCCc1c(C=CC(=O)N[C@H](CC)CCCc2cccnc2)sc2cc(OC)ccc12. The Morgan fingerprint density at radius 3 is 2.79 bits per heavy atom. The molecule has 33 heavy (non-hydrogen) atoms. The van der Waals surface area contributed by atoms with Crippen LogP contribution in [0.25, 0.3) is 16.2 Å². The average Bonchev–Trinajstić information content (AvgIpc) is 3.19. The number of aromatic nitrogens is 1. The van der Waals surface area contributed by atoms with Crippen LogP contribution < -0.4 is 10.1 Å². The first-order chi connectivity index (χ1) is 16.1. The van der Waals surface area contributed by atoms with E-state index in [0.29, 0.717) is 0 Å². The minimum absolute atomic E-state index is 0.0160. The minimum Gasteiger partial charge on any atom is -0.497 e. The number of unbranched alkanes of at least 4 members (excludes halogenated alkanes) is 2. The van der Waals surface area contributed by atoms with Crippen LogP contribution in [0.1, 0.15) is 68.4 Å². The van der Waals surface area contributed by atoms with Gasteiger partial charge in [-0.25, -0.2) is 0 Å². The van der Waals surface area contributed by atoms with Crippen molar-refractivity contribution < 1.29 is 9.53 Å². The van der Waals surface area contributed by atoms with E-state index in [2.05, 4.69) is 42.3 Å². The lowest BCUT2D eigenvalue weighted by Crippen LogP contribution is -2.33. The number of ether oxygens (including phenoxy) is 1. The molecule has 1 atom stereocenters. The van der Waals surface area contributed by atoms with Crippen molar-refractivity contribution >= 4 is 33.4 Å². The number of carbonyl (C=O) groups excluding carboxylic acids is 1. The third kappa shape index (κ3) is 7.43. The lowest BCUT2D eigenvalue weighted by atomic mass is 10.0. The van der Waals surface area contributed by atoms with Gasteiger partial charge in [0, 0.05) is 34.1 Å². The number of thiophene rings is 1. The Hall–Kier alpha value is -2.66. The van der Waals surface area contributed by atoms with Crippen LogP contribution in [0, 0.1) is 0 Å². The molecule has 1 amide bonds. The van der Waals surface area contributed by atoms with Crippen LogP contribution in [0.5, 0.6) is 5.75 Å². The number of rotatable bonds is 13. The molecular formula is C28H36N2O2S. The quantitative estimate of drug-likeness (QED) is 0.219. The zero-order chi connectivity index (χ0) is 23.5. The molecule has 0 unspecified atom stereocenters. The summed E-state index contributed by atoms with van der Waals surface area (Å²) in [5.74, 6) is 0.854. The van der Waals surface area contributed by atoms with Gasteiger partial charge in [-0.1, -0.05) is 32.8 Å². The first-order valence-electron chi connectivity index (χ1n) is 12.1. The molecule has 2 heterocycles. The monoisotopic (exact) mass is 464 g/mol. The van der Waals surface area contributed by atoms with Gasteiger partial charge in [0.25, 0.3) is 0 Å². The molecule has 1 aromatic carbocycles. The third-order valence-corrected chi connectivity index (χ3v) is 7.19. The molecule has 0 saturated carbocycles. The second-order valence-corrected chi connectivity index (χ2v) is 9.55. The van der Waals surface area contributed by atoms with Gasteiger partial charge >= 0.3 is 0 Å². The minimum atomic E-state index is -0.0160. The van der Waals surface area contributed by atoms with Crippen LogP contribution in [0.2, 0.25) is 0 Å². The molecular weight excluding hydrogens is 428 g/mol. The smallest absolute Gasteiger partial charge is 0.244 e. The van der Waals surface area contributed by atoms with Crippen LogP contribution >= 0.6 is 11.3 Å². The maximum absolute atomic E-state index is 12.7. The number of carbonyl (C=O) groups is 1. The number of aryl methyl sites for hydroxylation is 2. The molecule has 4 nitrogen and oxygen atoms in total. The highest BCUT2D eigenvalue weighted by molar-refractivity contribution is 7.20. The van der Waals surface area contributed by atoms with Gasteiger partial charge in [-0.15, -0.1) is 11.3 Å². The molecule has 0 saturated heterocycles. The van der Waals surface area contributed by atoms with E-state index in [1.165, 1.54) is 38.9 Å². The summed E-state index contributed by atoms with van der Waals surface area (Å²) in [6.07, 6.45) is 15.9. The van der Waals surface area contributed by atoms with E-state index >= 15 is 0 Å². The van der Waals surface area contributed by atoms with Crippen molar-refractivity contribution in [3.05, 3.63) is 64.8 Å². The predicted octanol–water partition coefficient (Wildman–Crippen LogP) is 6.97. The maximum Gasteiger partial charge on any atom is 0.244 e. The molecule has 0 radical (unpaired) electrons. The molecule has 0 aliphatic carbocycles. The molecule has 3 rings (SSSR count). The average molecular weight is 465 g/mol. The first kappa shape index (κ1) is 25.0. The number of pyridine rings is 1. The summed E-state index contributed by atoms with van der Waals surface area (Å²) >= 11 is 1.74. The first-order valence-corrected chi connectivity index (χ1v) is 12.9. The number of hydrogen-bond donors (Lipinski definition) is 1. The highest BCUT2D eigenvalue weighted by Gasteiger charge is 2.13. The van der Waals surface area contributed by atoms with Gasteiger partial charge in [-0.2, -0.15) is 0 Å². The fourth-order valence-corrected chi connectivity index (χ4v) is 5.28. The van der Waals surface area contributed by atoms with Crippen molar-refractivity contribution in [3.63, 3.8) is 0 Å². The van der Waals surface area contributed by atoms with Gasteiger partial charge in [0.1, 0.15) is 5.75 Å². The standard InChI is InChI=1S/C28H36N2O2S/c1-4-6-7-13-24-25-15-14-23(32-3)19-27(25)33-26(24)16-17-28(31)30-22(5-2)12-8-10-21-11-9-18-29-20-21/h9,11,14-20,22H,4-8,10,12-13H2,1-3H3,(H,30,31)/t22-/m1/s1. The Balaban J connectivity index is 1.64. The summed E-state index contributed by atoms with van der Waals surface area (Å²) < 4.78 is 6.62. The normalized spacial score (nSPS) is 12.3. The van der Waals surface area contributed by atoms with E-state index in [-0.39, 0.29) is 11.9 Å². The second-order valence-electron chi connectivity index (χ2n) is 8.46. The molecule has 0 aliphatic heterocycles. The van der Waals surface area contributed by atoms with Crippen LogP contribution in [0.3, 0.4) is 0 Å². The lowest BCUT2D eigenvalue weighted by Gasteiger charge is -2.15. The zero-order valence-corrected chi connectivity index (χ0v) is 20.9. The highest BCUT2D eigenvalue weighted by Crippen LogP contribution is 2.35. The van der Waals surface area contributed by atoms with E-state index < -0.39 is 0 Å². The highest BCUT2D eigenvalue weighted by atomic mass is 32.1.